The molecule has 0 amide bonds. The summed E-state index contributed by atoms with van der Waals surface area (Å²) in [5.41, 5.74) is 8.80. The van der Waals surface area contributed by atoms with Crippen LogP contribution in [0.15, 0.2) is 28.9 Å². The van der Waals surface area contributed by atoms with Crippen LogP contribution in [0, 0.1) is 0 Å². The van der Waals surface area contributed by atoms with Crippen molar-refractivity contribution in [2.24, 2.45) is 5.73 Å². The SMILES string of the molecule is NC1CC2CCC(C1)N2Cc1c[nH]c2ccc(Br)cc12. The Morgan fingerprint density at radius 1 is 1.25 bits per heavy atom. The summed E-state index contributed by atoms with van der Waals surface area (Å²) in [7, 11) is 0. The Morgan fingerprint density at radius 3 is 2.75 bits per heavy atom. The predicted octanol–water partition coefficient (Wildman–Crippen LogP) is 3.38. The second kappa shape index (κ2) is 4.86. The Kier molecular flexibility index (Phi) is 3.13. The van der Waals surface area contributed by atoms with Crippen LogP contribution in [0.1, 0.15) is 31.2 Å². The van der Waals surface area contributed by atoms with Gasteiger partial charge in [-0.1, -0.05) is 15.9 Å². The summed E-state index contributed by atoms with van der Waals surface area (Å²) in [6.45, 7) is 1.05. The number of hydrogen-bond donors (Lipinski definition) is 2. The number of H-pyrrole nitrogens is 1. The highest BCUT2D eigenvalue weighted by Crippen LogP contribution is 2.37. The van der Waals surface area contributed by atoms with Crippen LogP contribution in [-0.2, 0) is 6.54 Å². The molecule has 2 fully saturated rings. The Balaban J connectivity index is 1.63. The average Bonchev–Trinajstić information content (AvgIpc) is 2.91. The number of nitrogens with two attached hydrogens (primary N) is 1. The molecule has 0 radical (unpaired) electrons. The van der Waals surface area contributed by atoms with Gasteiger partial charge in [0.15, 0.2) is 0 Å². The fraction of sp³-hybridized carbons (Fsp3) is 0.500. The maximum atomic E-state index is 6.16. The Morgan fingerprint density at radius 2 is 2.00 bits per heavy atom. The number of piperidine rings is 1. The first-order valence-electron chi connectivity index (χ1n) is 7.47. The van der Waals surface area contributed by atoms with E-state index in [1.165, 1.54) is 42.1 Å². The van der Waals surface area contributed by atoms with E-state index in [1.54, 1.807) is 0 Å². The van der Waals surface area contributed by atoms with Crippen LogP contribution in [0.25, 0.3) is 10.9 Å². The molecule has 2 aromatic rings. The molecule has 2 aliphatic heterocycles. The van der Waals surface area contributed by atoms with E-state index >= 15 is 0 Å². The zero-order chi connectivity index (χ0) is 13.7. The normalized spacial score (nSPS) is 30.2. The molecule has 3 heterocycles. The van der Waals surface area contributed by atoms with E-state index in [4.69, 9.17) is 5.73 Å². The van der Waals surface area contributed by atoms with Crippen LogP contribution in [0.2, 0.25) is 0 Å². The van der Waals surface area contributed by atoms with Crippen molar-refractivity contribution in [2.75, 3.05) is 0 Å². The smallest absolute Gasteiger partial charge is 0.0458 e. The first-order valence-corrected chi connectivity index (χ1v) is 8.27. The second-order valence-corrected chi connectivity index (χ2v) is 7.21. The number of aromatic nitrogens is 1. The molecule has 0 aliphatic carbocycles. The average molecular weight is 334 g/mol. The highest BCUT2D eigenvalue weighted by atomic mass is 79.9. The third kappa shape index (κ3) is 2.10. The lowest BCUT2D eigenvalue weighted by atomic mass is 9.97. The molecule has 2 atom stereocenters. The summed E-state index contributed by atoms with van der Waals surface area (Å²) < 4.78 is 1.15. The summed E-state index contributed by atoms with van der Waals surface area (Å²) in [5.74, 6) is 0. The fourth-order valence-electron chi connectivity index (χ4n) is 4.05. The van der Waals surface area contributed by atoms with E-state index in [1.807, 2.05) is 0 Å². The van der Waals surface area contributed by atoms with Crippen LogP contribution in [0.5, 0.6) is 0 Å². The number of fused-ring (bicyclic) bond motifs is 3. The molecule has 1 aromatic carbocycles. The number of aromatic amines is 1. The van der Waals surface area contributed by atoms with Crippen LogP contribution < -0.4 is 5.73 Å². The van der Waals surface area contributed by atoms with Gasteiger partial charge in [-0.3, -0.25) is 4.90 Å². The standard InChI is InChI=1S/C16H20BrN3/c17-11-1-4-16-15(5-11)10(8-19-16)9-20-13-2-3-14(20)7-12(18)6-13/h1,4-5,8,12-14,19H,2-3,6-7,9,18H2. The Hall–Kier alpha value is -0.840. The largest absolute Gasteiger partial charge is 0.361 e. The molecule has 2 unspecified atom stereocenters. The summed E-state index contributed by atoms with van der Waals surface area (Å²) in [6.07, 6.45) is 7.16. The first-order chi connectivity index (χ1) is 9.70. The summed E-state index contributed by atoms with van der Waals surface area (Å²) in [6, 6.07) is 8.26. The highest BCUT2D eigenvalue weighted by molar-refractivity contribution is 9.10. The van der Waals surface area contributed by atoms with Gasteiger partial charge in [-0.2, -0.15) is 0 Å². The van der Waals surface area contributed by atoms with Crippen molar-refractivity contribution in [3.05, 3.63) is 34.4 Å². The van der Waals surface area contributed by atoms with E-state index in [-0.39, 0.29) is 0 Å². The van der Waals surface area contributed by atoms with E-state index < -0.39 is 0 Å². The quantitative estimate of drug-likeness (QED) is 0.884. The van der Waals surface area contributed by atoms with E-state index in [2.05, 4.69) is 50.2 Å². The lowest BCUT2D eigenvalue weighted by molar-refractivity contribution is 0.120. The third-order valence-electron chi connectivity index (χ3n) is 5.00. The molecule has 2 saturated heterocycles. The number of halogens is 1. The monoisotopic (exact) mass is 333 g/mol. The molecular weight excluding hydrogens is 314 g/mol. The number of hydrogen-bond acceptors (Lipinski definition) is 2. The molecule has 3 nitrogen and oxygen atoms in total. The van der Waals surface area contributed by atoms with E-state index in [0.29, 0.717) is 18.1 Å². The predicted molar refractivity (Wildman–Crippen MR) is 85.6 cm³/mol. The number of rotatable bonds is 2. The maximum absolute atomic E-state index is 6.16. The lowest BCUT2D eigenvalue weighted by Gasteiger charge is -2.37. The van der Waals surface area contributed by atoms with Gasteiger partial charge >= 0.3 is 0 Å². The molecule has 0 saturated carbocycles. The zero-order valence-corrected chi connectivity index (χ0v) is 13.1. The molecule has 2 aliphatic rings. The topological polar surface area (TPSA) is 45.0 Å². The Labute approximate surface area is 127 Å². The van der Waals surface area contributed by atoms with Crippen molar-refractivity contribution in [3.63, 3.8) is 0 Å². The maximum Gasteiger partial charge on any atom is 0.0458 e. The summed E-state index contributed by atoms with van der Waals surface area (Å²) >= 11 is 3.58. The molecule has 1 aromatic heterocycles. The number of nitrogens with zero attached hydrogens (tertiary/aromatic N) is 1. The van der Waals surface area contributed by atoms with Crippen molar-refractivity contribution in [3.8, 4) is 0 Å². The Bertz CT molecular complexity index is 622. The van der Waals surface area contributed by atoms with Crippen molar-refractivity contribution >= 4 is 26.8 Å². The van der Waals surface area contributed by atoms with E-state index in [0.717, 1.165) is 11.0 Å². The number of benzene rings is 1. The van der Waals surface area contributed by atoms with Crippen molar-refractivity contribution in [2.45, 2.75) is 50.4 Å². The van der Waals surface area contributed by atoms with Gasteiger partial charge in [-0.25, -0.2) is 0 Å². The highest BCUT2D eigenvalue weighted by Gasteiger charge is 2.39. The summed E-state index contributed by atoms with van der Waals surface area (Å²) in [5, 5.41) is 1.34. The molecular formula is C16H20BrN3. The van der Waals surface area contributed by atoms with Gasteiger partial charge in [0.05, 0.1) is 0 Å². The molecule has 3 N–H and O–H groups in total. The summed E-state index contributed by atoms with van der Waals surface area (Å²) in [4.78, 5) is 6.08. The van der Waals surface area contributed by atoms with Gasteiger partial charge in [0.25, 0.3) is 0 Å². The molecule has 106 valence electrons. The van der Waals surface area contributed by atoms with Gasteiger partial charge < -0.3 is 10.7 Å². The van der Waals surface area contributed by atoms with Crippen molar-refractivity contribution in [1.82, 2.24) is 9.88 Å². The molecule has 20 heavy (non-hydrogen) atoms. The van der Waals surface area contributed by atoms with Gasteiger partial charge in [-0.15, -0.1) is 0 Å². The first kappa shape index (κ1) is 12.9. The van der Waals surface area contributed by atoms with Gasteiger partial charge in [0, 0.05) is 46.2 Å². The molecule has 2 bridgehead atoms. The van der Waals surface area contributed by atoms with Gasteiger partial charge in [-0.05, 0) is 49.4 Å². The van der Waals surface area contributed by atoms with Crippen molar-refractivity contribution in [1.29, 1.82) is 0 Å². The minimum Gasteiger partial charge on any atom is -0.361 e. The van der Waals surface area contributed by atoms with Crippen LogP contribution >= 0.6 is 15.9 Å². The number of nitrogens with one attached hydrogen (secondary N) is 1. The fourth-order valence-corrected chi connectivity index (χ4v) is 4.41. The molecule has 4 rings (SSSR count). The van der Waals surface area contributed by atoms with Crippen LogP contribution in [0.3, 0.4) is 0 Å². The van der Waals surface area contributed by atoms with Gasteiger partial charge in [0.2, 0.25) is 0 Å². The minimum absolute atomic E-state index is 0.417. The molecule has 4 heteroatoms. The third-order valence-corrected chi connectivity index (χ3v) is 5.50. The van der Waals surface area contributed by atoms with E-state index in [9.17, 15) is 0 Å². The second-order valence-electron chi connectivity index (χ2n) is 6.29. The lowest BCUT2D eigenvalue weighted by Crippen LogP contribution is -2.46. The van der Waals surface area contributed by atoms with Crippen LogP contribution in [0.4, 0.5) is 0 Å². The van der Waals surface area contributed by atoms with Gasteiger partial charge in [0.1, 0.15) is 0 Å². The van der Waals surface area contributed by atoms with Crippen molar-refractivity contribution < 1.29 is 0 Å². The van der Waals surface area contributed by atoms with Crippen LogP contribution in [-0.4, -0.2) is 28.0 Å². The zero-order valence-electron chi connectivity index (χ0n) is 11.5. The molecule has 0 spiro atoms. The minimum atomic E-state index is 0.417.